The van der Waals surface area contributed by atoms with Crippen LogP contribution in [0.15, 0.2) is 48.2 Å². The first-order chi connectivity index (χ1) is 14.3. The van der Waals surface area contributed by atoms with Gasteiger partial charge in [0, 0.05) is 17.7 Å². The lowest BCUT2D eigenvalue weighted by molar-refractivity contribution is 0.184. The van der Waals surface area contributed by atoms with Gasteiger partial charge in [0.25, 0.3) is 0 Å². The summed E-state index contributed by atoms with van der Waals surface area (Å²) in [5.74, 6) is 2.10. The summed E-state index contributed by atoms with van der Waals surface area (Å²) in [5, 5.41) is 3.70. The number of hydrogen-bond acceptors (Lipinski definition) is 1. The van der Waals surface area contributed by atoms with Crippen LogP contribution in [0, 0.1) is 28.6 Å². The highest BCUT2D eigenvalue weighted by molar-refractivity contribution is 5.23. The van der Waals surface area contributed by atoms with Crippen molar-refractivity contribution in [1.29, 1.82) is 0 Å². The first-order valence-electron chi connectivity index (χ1n) is 12.8. The Hall–Kier alpha value is -1.24. The Morgan fingerprint density at radius 2 is 1.55 bits per heavy atom. The van der Waals surface area contributed by atoms with Gasteiger partial charge in [0.2, 0.25) is 0 Å². The largest absolute Gasteiger partial charge is 0.388 e. The molecule has 1 nitrogen and oxygen atoms in total. The Kier molecular flexibility index (Phi) is 10.9. The first kappa shape index (κ1) is 27.8. The smallest absolute Gasteiger partial charge is 0.0172 e. The van der Waals surface area contributed by atoms with Gasteiger partial charge < -0.3 is 5.32 Å². The fourth-order valence-corrected chi connectivity index (χ4v) is 4.66. The first-order valence-corrected chi connectivity index (χ1v) is 12.8. The van der Waals surface area contributed by atoms with Crippen LogP contribution < -0.4 is 5.32 Å². The molecule has 1 atom stereocenters. The second-order valence-electron chi connectivity index (χ2n) is 11.5. The predicted molar refractivity (Wildman–Crippen MR) is 141 cm³/mol. The Balaban J connectivity index is 2.51. The zero-order chi connectivity index (χ0) is 23.8. The van der Waals surface area contributed by atoms with Crippen molar-refractivity contribution in [2.45, 2.75) is 107 Å². The Morgan fingerprint density at radius 1 is 0.968 bits per heavy atom. The topological polar surface area (TPSA) is 12.0 Å². The fourth-order valence-electron chi connectivity index (χ4n) is 4.66. The molecule has 1 aliphatic rings. The average molecular weight is 428 g/mol. The summed E-state index contributed by atoms with van der Waals surface area (Å²) in [6.45, 7) is 32.3. The molecule has 0 radical (unpaired) electrons. The van der Waals surface area contributed by atoms with Crippen LogP contribution in [0.3, 0.4) is 0 Å². The van der Waals surface area contributed by atoms with Crippen molar-refractivity contribution >= 4 is 0 Å². The third-order valence-electron chi connectivity index (χ3n) is 8.77. The average Bonchev–Trinajstić information content (AvgIpc) is 2.71. The molecule has 0 aromatic heterocycles. The van der Waals surface area contributed by atoms with Crippen molar-refractivity contribution in [1.82, 2.24) is 5.32 Å². The second-order valence-corrected chi connectivity index (χ2v) is 11.5. The van der Waals surface area contributed by atoms with Gasteiger partial charge >= 0.3 is 0 Å². The minimum atomic E-state index is -0.0243. The van der Waals surface area contributed by atoms with Crippen LogP contribution in [0.1, 0.15) is 107 Å². The molecule has 0 aliphatic heterocycles. The monoisotopic (exact) mass is 427 g/mol. The highest BCUT2D eigenvalue weighted by Gasteiger charge is 2.40. The minimum absolute atomic E-state index is 0.0206. The number of allylic oxidation sites excluding steroid dienone is 5. The highest BCUT2D eigenvalue weighted by Crippen LogP contribution is 2.47. The summed E-state index contributed by atoms with van der Waals surface area (Å²) in [6, 6.07) is 0. The van der Waals surface area contributed by atoms with Crippen LogP contribution in [-0.2, 0) is 0 Å². The van der Waals surface area contributed by atoms with Gasteiger partial charge in [-0.25, -0.2) is 0 Å². The SMILES string of the molecule is C=C(/C=C(\C)C1CCC(CNC(=C)C(C)(C)C(C)(C)C(=C)C)CC1)C(C)CCCCC. The van der Waals surface area contributed by atoms with Gasteiger partial charge in [-0.3, -0.25) is 0 Å². The van der Waals surface area contributed by atoms with E-state index in [-0.39, 0.29) is 10.8 Å². The van der Waals surface area contributed by atoms with E-state index in [9.17, 15) is 0 Å². The molecule has 0 aromatic rings. The third kappa shape index (κ3) is 7.69. The summed E-state index contributed by atoms with van der Waals surface area (Å²) in [6.07, 6.45) is 12.9. The summed E-state index contributed by atoms with van der Waals surface area (Å²) in [4.78, 5) is 0. The van der Waals surface area contributed by atoms with Crippen molar-refractivity contribution in [2.75, 3.05) is 6.54 Å². The standard InChI is InChI=1S/C30H53N/c1-12-13-14-15-23(4)24(5)20-25(6)28-18-16-27(17-19-28)21-31-26(7)30(10,11)29(8,9)22(2)3/h20,23,27-28,31H,2,5,7,12-19,21H2,1,3-4,6,8-11H3/b25-20+. The summed E-state index contributed by atoms with van der Waals surface area (Å²) >= 11 is 0. The van der Waals surface area contributed by atoms with Gasteiger partial charge in [-0.05, 0) is 69.1 Å². The highest BCUT2D eigenvalue weighted by atomic mass is 14.9. The summed E-state index contributed by atoms with van der Waals surface area (Å²) in [5.41, 5.74) is 5.23. The van der Waals surface area contributed by atoms with Crippen molar-refractivity contribution < 1.29 is 0 Å². The van der Waals surface area contributed by atoms with Crippen molar-refractivity contribution in [2.24, 2.45) is 28.6 Å². The van der Waals surface area contributed by atoms with Gasteiger partial charge in [0.1, 0.15) is 0 Å². The van der Waals surface area contributed by atoms with Crippen LogP contribution in [0.4, 0.5) is 0 Å². The maximum Gasteiger partial charge on any atom is 0.0172 e. The van der Waals surface area contributed by atoms with Crippen molar-refractivity contribution in [3.63, 3.8) is 0 Å². The van der Waals surface area contributed by atoms with Crippen LogP contribution in [0.25, 0.3) is 0 Å². The van der Waals surface area contributed by atoms with Crippen LogP contribution >= 0.6 is 0 Å². The molecule has 1 heteroatoms. The van der Waals surface area contributed by atoms with E-state index in [2.05, 4.69) is 86.5 Å². The zero-order valence-corrected chi connectivity index (χ0v) is 22.3. The lowest BCUT2D eigenvalue weighted by Gasteiger charge is -2.44. The van der Waals surface area contributed by atoms with E-state index in [0.717, 1.165) is 24.1 Å². The van der Waals surface area contributed by atoms with Gasteiger partial charge in [0.05, 0.1) is 0 Å². The van der Waals surface area contributed by atoms with Crippen LogP contribution in [0.5, 0.6) is 0 Å². The van der Waals surface area contributed by atoms with Gasteiger partial charge in [-0.1, -0.05) is 103 Å². The molecule has 0 spiro atoms. The quantitative estimate of drug-likeness (QED) is 0.175. The Morgan fingerprint density at radius 3 is 2.06 bits per heavy atom. The molecule has 1 N–H and O–H groups in total. The maximum atomic E-state index is 4.41. The molecule has 0 bridgehead atoms. The molecule has 1 unspecified atom stereocenters. The number of hydrogen-bond donors (Lipinski definition) is 1. The summed E-state index contributed by atoms with van der Waals surface area (Å²) in [7, 11) is 0. The maximum absolute atomic E-state index is 4.41. The normalized spacial score (nSPS) is 21.5. The molecular weight excluding hydrogens is 374 g/mol. The Bertz CT molecular complexity index is 637. The van der Waals surface area contributed by atoms with E-state index >= 15 is 0 Å². The molecule has 1 fully saturated rings. The lowest BCUT2D eigenvalue weighted by atomic mass is 9.63. The van der Waals surface area contributed by atoms with E-state index in [1.165, 1.54) is 62.5 Å². The minimum Gasteiger partial charge on any atom is -0.388 e. The molecule has 178 valence electrons. The van der Waals surface area contributed by atoms with Gasteiger partial charge in [0.15, 0.2) is 0 Å². The van der Waals surface area contributed by atoms with Crippen molar-refractivity contribution in [3.05, 3.63) is 48.2 Å². The van der Waals surface area contributed by atoms with E-state index in [1.807, 2.05) is 0 Å². The molecular formula is C30H53N. The van der Waals surface area contributed by atoms with Crippen LogP contribution in [0.2, 0.25) is 0 Å². The lowest BCUT2D eigenvalue weighted by Crippen LogP contribution is -2.41. The molecule has 1 rings (SSSR count). The molecule has 1 saturated carbocycles. The van der Waals surface area contributed by atoms with E-state index in [0.29, 0.717) is 5.92 Å². The molecule has 1 aliphatic carbocycles. The third-order valence-corrected chi connectivity index (χ3v) is 8.77. The Labute approximate surface area is 195 Å². The molecule has 0 heterocycles. The van der Waals surface area contributed by atoms with Crippen LogP contribution in [-0.4, -0.2) is 6.54 Å². The second kappa shape index (κ2) is 12.1. The zero-order valence-electron chi connectivity index (χ0n) is 22.3. The van der Waals surface area contributed by atoms with E-state index < -0.39 is 0 Å². The van der Waals surface area contributed by atoms with Gasteiger partial charge in [-0.2, -0.15) is 0 Å². The fraction of sp³-hybridized carbons (Fsp3) is 0.733. The van der Waals surface area contributed by atoms with E-state index in [4.69, 9.17) is 0 Å². The molecule has 0 aromatic carbocycles. The predicted octanol–water partition coefficient (Wildman–Crippen LogP) is 9.24. The number of nitrogens with one attached hydrogen (secondary N) is 1. The van der Waals surface area contributed by atoms with Gasteiger partial charge in [-0.15, -0.1) is 0 Å². The molecule has 31 heavy (non-hydrogen) atoms. The van der Waals surface area contributed by atoms with E-state index in [1.54, 1.807) is 5.57 Å². The number of rotatable bonds is 13. The van der Waals surface area contributed by atoms with Crippen molar-refractivity contribution in [3.8, 4) is 0 Å². The summed E-state index contributed by atoms with van der Waals surface area (Å²) < 4.78 is 0. The molecule has 0 saturated heterocycles. The number of unbranched alkanes of at least 4 members (excludes halogenated alkanes) is 2. The molecule has 0 amide bonds.